The molecule has 0 bridgehead atoms. The van der Waals surface area contributed by atoms with E-state index in [9.17, 15) is 0 Å². The summed E-state index contributed by atoms with van der Waals surface area (Å²) in [5, 5.41) is 4.32. The van der Waals surface area contributed by atoms with Crippen LogP contribution in [0.1, 0.15) is 0 Å². The van der Waals surface area contributed by atoms with Gasteiger partial charge in [-0.15, -0.1) is 0 Å². The number of fused-ring (bicyclic) bond motifs is 6. The van der Waals surface area contributed by atoms with Gasteiger partial charge in [-0.05, 0) is 64.7 Å². The van der Waals surface area contributed by atoms with Crippen molar-refractivity contribution in [3.8, 4) is 56.2 Å². The van der Waals surface area contributed by atoms with Crippen LogP contribution in [0.25, 0.3) is 100 Å². The molecule has 0 amide bonds. The van der Waals surface area contributed by atoms with E-state index in [1.807, 2.05) is 48.5 Å². The Morgan fingerprint density at radius 2 is 0.720 bits per heavy atom. The number of furan rings is 2. The molecule has 7 aromatic carbocycles. The van der Waals surface area contributed by atoms with Crippen LogP contribution in [0.15, 0.2) is 179 Å². The molecule has 50 heavy (non-hydrogen) atoms. The van der Waals surface area contributed by atoms with Crippen LogP contribution in [-0.4, -0.2) is 9.97 Å². The first-order chi connectivity index (χ1) is 24.7. The summed E-state index contributed by atoms with van der Waals surface area (Å²) < 4.78 is 12.8. The highest BCUT2D eigenvalue weighted by atomic mass is 16.3. The Kier molecular flexibility index (Phi) is 6.46. The van der Waals surface area contributed by atoms with E-state index in [0.717, 1.165) is 88.6 Å². The lowest BCUT2D eigenvalue weighted by Crippen LogP contribution is -1.96. The van der Waals surface area contributed by atoms with Gasteiger partial charge >= 0.3 is 0 Å². The largest absolute Gasteiger partial charge is 0.456 e. The zero-order valence-electron chi connectivity index (χ0n) is 26.9. The average molecular weight is 641 g/mol. The number of hydrogen-bond donors (Lipinski definition) is 0. The van der Waals surface area contributed by atoms with Gasteiger partial charge in [-0.2, -0.15) is 0 Å². The molecule has 3 aromatic heterocycles. The second-order valence-corrected chi connectivity index (χ2v) is 12.6. The van der Waals surface area contributed by atoms with E-state index in [1.165, 1.54) is 5.56 Å². The van der Waals surface area contributed by atoms with Crippen molar-refractivity contribution in [1.29, 1.82) is 0 Å². The second-order valence-electron chi connectivity index (χ2n) is 12.6. The molecule has 0 fully saturated rings. The van der Waals surface area contributed by atoms with Crippen molar-refractivity contribution >= 4 is 43.9 Å². The summed E-state index contributed by atoms with van der Waals surface area (Å²) in [5.74, 6) is 0.683. The van der Waals surface area contributed by atoms with E-state index in [0.29, 0.717) is 5.82 Å². The van der Waals surface area contributed by atoms with E-state index in [-0.39, 0.29) is 0 Å². The van der Waals surface area contributed by atoms with Crippen LogP contribution in [0.5, 0.6) is 0 Å². The Morgan fingerprint density at radius 1 is 0.280 bits per heavy atom. The fourth-order valence-electron chi connectivity index (χ4n) is 6.96. The highest BCUT2D eigenvalue weighted by Gasteiger charge is 2.16. The topological polar surface area (TPSA) is 52.1 Å². The van der Waals surface area contributed by atoms with Gasteiger partial charge in [0.15, 0.2) is 5.82 Å². The summed E-state index contributed by atoms with van der Waals surface area (Å²) in [6, 6.07) is 58.5. The van der Waals surface area contributed by atoms with Crippen LogP contribution >= 0.6 is 0 Å². The van der Waals surface area contributed by atoms with Crippen LogP contribution in [0.4, 0.5) is 0 Å². The molecule has 0 aliphatic carbocycles. The Bertz CT molecular complexity index is 2800. The molecule has 0 spiro atoms. The van der Waals surface area contributed by atoms with E-state index in [1.54, 1.807) is 0 Å². The number of benzene rings is 7. The lowest BCUT2D eigenvalue weighted by molar-refractivity contribution is 0.656. The lowest BCUT2D eigenvalue weighted by atomic mass is 10.00. The summed E-state index contributed by atoms with van der Waals surface area (Å²) in [7, 11) is 0. The molecule has 0 aliphatic rings. The molecule has 4 heteroatoms. The maximum atomic E-state index is 6.47. The Morgan fingerprint density at radius 3 is 1.28 bits per heavy atom. The summed E-state index contributed by atoms with van der Waals surface area (Å²) in [4.78, 5) is 10.1. The zero-order chi connectivity index (χ0) is 33.0. The number of aromatic nitrogens is 2. The van der Waals surface area contributed by atoms with Gasteiger partial charge in [-0.3, -0.25) is 0 Å². The third-order valence-electron chi connectivity index (χ3n) is 9.49. The number of rotatable bonds is 5. The molecule has 4 nitrogen and oxygen atoms in total. The first-order valence-corrected chi connectivity index (χ1v) is 16.7. The molecule has 0 saturated carbocycles. The molecular formula is C46H28N2O2. The molecule has 0 unspecified atom stereocenters. The smallest absolute Gasteiger partial charge is 0.160 e. The monoisotopic (exact) mass is 640 g/mol. The van der Waals surface area contributed by atoms with Gasteiger partial charge in [0.1, 0.15) is 22.3 Å². The van der Waals surface area contributed by atoms with Gasteiger partial charge < -0.3 is 8.83 Å². The molecule has 0 saturated heterocycles. The molecular weight excluding hydrogens is 613 g/mol. The van der Waals surface area contributed by atoms with Crippen LogP contribution in [0.3, 0.4) is 0 Å². The number of hydrogen-bond acceptors (Lipinski definition) is 4. The third kappa shape index (κ3) is 4.85. The highest BCUT2D eigenvalue weighted by molar-refractivity contribution is 6.15. The number of nitrogens with zero attached hydrogens (tertiary/aromatic N) is 2. The minimum atomic E-state index is 0.683. The first kappa shape index (κ1) is 28.3. The van der Waals surface area contributed by atoms with Crippen molar-refractivity contribution in [2.75, 3.05) is 0 Å². The Balaban J connectivity index is 1.04. The van der Waals surface area contributed by atoms with Crippen molar-refractivity contribution < 1.29 is 8.83 Å². The summed E-state index contributed by atoms with van der Waals surface area (Å²) in [6.45, 7) is 0. The Labute approximate surface area is 287 Å². The molecule has 0 radical (unpaired) electrons. The second kappa shape index (κ2) is 11.4. The molecule has 3 heterocycles. The van der Waals surface area contributed by atoms with Gasteiger partial charge in [0.25, 0.3) is 0 Å². The van der Waals surface area contributed by atoms with Crippen LogP contribution in [-0.2, 0) is 0 Å². The third-order valence-corrected chi connectivity index (χ3v) is 9.49. The van der Waals surface area contributed by atoms with Crippen LogP contribution in [0, 0.1) is 0 Å². The first-order valence-electron chi connectivity index (χ1n) is 16.7. The SMILES string of the molecule is c1ccc(-c2ccc3c(c2)oc2cc4oc5cc(-c6cccc(-c7nc(-c8ccccc8)cc(-c8ccccc8)n7)c6)ccc5c4cc23)cc1. The predicted molar refractivity (Wildman–Crippen MR) is 204 cm³/mol. The molecule has 0 aliphatic heterocycles. The minimum Gasteiger partial charge on any atom is -0.456 e. The molecule has 0 N–H and O–H groups in total. The standard InChI is InChI=1S/C46H28N2O2/c1-4-11-29(12-5-1)33-19-21-36-38-26-39-37-22-20-34(25-43(37)50-45(39)28-44(38)49-42(36)24-33)32-17-10-18-35(23-32)46-47-40(30-13-6-2-7-14-30)27-41(48-46)31-15-8-3-9-16-31/h1-28H. The van der Waals surface area contributed by atoms with E-state index in [4.69, 9.17) is 18.8 Å². The lowest BCUT2D eigenvalue weighted by Gasteiger charge is -2.10. The predicted octanol–water partition coefficient (Wildman–Crippen LogP) is 12.6. The van der Waals surface area contributed by atoms with Gasteiger partial charge in [0.05, 0.1) is 11.4 Å². The summed E-state index contributed by atoms with van der Waals surface area (Å²) in [5.41, 5.74) is 12.6. The molecule has 10 rings (SSSR count). The van der Waals surface area contributed by atoms with Gasteiger partial charge in [-0.25, -0.2) is 9.97 Å². The maximum Gasteiger partial charge on any atom is 0.160 e. The van der Waals surface area contributed by atoms with E-state index < -0.39 is 0 Å². The average Bonchev–Trinajstić information content (AvgIpc) is 3.74. The van der Waals surface area contributed by atoms with Gasteiger partial charge in [0.2, 0.25) is 0 Å². The molecule has 0 atom stereocenters. The van der Waals surface area contributed by atoms with Crippen LogP contribution < -0.4 is 0 Å². The molecule has 234 valence electrons. The van der Waals surface area contributed by atoms with Gasteiger partial charge in [-0.1, -0.05) is 121 Å². The minimum absolute atomic E-state index is 0.683. The van der Waals surface area contributed by atoms with Crippen molar-refractivity contribution in [2.24, 2.45) is 0 Å². The summed E-state index contributed by atoms with van der Waals surface area (Å²) in [6.07, 6.45) is 0. The zero-order valence-corrected chi connectivity index (χ0v) is 26.9. The molecule has 10 aromatic rings. The van der Waals surface area contributed by atoms with Crippen molar-refractivity contribution in [3.63, 3.8) is 0 Å². The summed E-state index contributed by atoms with van der Waals surface area (Å²) >= 11 is 0. The normalized spacial score (nSPS) is 11.6. The highest BCUT2D eigenvalue weighted by Crippen LogP contribution is 2.39. The van der Waals surface area contributed by atoms with Crippen molar-refractivity contribution in [3.05, 3.63) is 170 Å². The maximum absolute atomic E-state index is 6.47. The fraction of sp³-hybridized carbons (Fsp3) is 0. The quantitative estimate of drug-likeness (QED) is 0.188. The van der Waals surface area contributed by atoms with Gasteiger partial charge in [0, 0.05) is 44.3 Å². The van der Waals surface area contributed by atoms with Crippen molar-refractivity contribution in [1.82, 2.24) is 9.97 Å². The van der Waals surface area contributed by atoms with E-state index >= 15 is 0 Å². The Hall–Kier alpha value is -6.78. The van der Waals surface area contributed by atoms with Crippen LogP contribution in [0.2, 0.25) is 0 Å². The van der Waals surface area contributed by atoms with E-state index in [2.05, 4.69) is 121 Å². The fourth-order valence-corrected chi connectivity index (χ4v) is 6.96. The van der Waals surface area contributed by atoms with Crippen molar-refractivity contribution in [2.45, 2.75) is 0 Å².